The lowest BCUT2D eigenvalue weighted by Gasteiger charge is -2.08. The van der Waals surface area contributed by atoms with E-state index in [4.69, 9.17) is 5.73 Å². The fourth-order valence-corrected chi connectivity index (χ4v) is 1.94. The minimum atomic E-state index is 0.0579. The zero-order valence-corrected chi connectivity index (χ0v) is 12.5. The summed E-state index contributed by atoms with van der Waals surface area (Å²) in [5, 5.41) is 2.95. The van der Waals surface area contributed by atoms with Gasteiger partial charge in [-0.3, -0.25) is 4.79 Å². The summed E-state index contributed by atoms with van der Waals surface area (Å²) in [6.45, 7) is 4.48. The number of nitrogens with one attached hydrogen (secondary N) is 1. The van der Waals surface area contributed by atoms with Crippen molar-refractivity contribution >= 4 is 11.6 Å². The summed E-state index contributed by atoms with van der Waals surface area (Å²) in [4.78, 5) is 11.9. The van der Waals surface area contributed by atoms with Crippen LogP contribution in [0, 0.1) is 18.8 Å². The van der Waals surface area contributed by atoms with Crippen molar-refractivity contribution in [2.45, 2.75) is 46.0 Å². The third-order valence-electron chi connectivity index (χ3n) is 3.03. The van der Waals surface area contributed by atoms with Crippen LogP contribution in [0.2, 0.25) is 0 Å². The van der Waals surface area contributed by atoms with Crippen molar-refractivity contribution < 1.29 is 4.79 Å². The predicted octanol–water partition coefficient (Wildman–Crippen LogP) is 3.21. The molecule has 0 saturated carbocycles. The van der Waals surface area contributed by atoms with E-state index in [9.17, 15) is 4.79 Å². The first-order chi connectivity index (χ1) is 9.67. The fourth-order valence-electron chi connectivity index (χ4n) is 1.94. The molecule has 0 bridgehead atoms. The minimum absolute atomic E-state index is 0.0579. The van der Waals surface area contributed by atoms with Gasteiger partial charge in [-0.1, -0.05) is 44.1 Å². The van der Waals surface area contributed by atoms with Gasteiger partial charge in [0.2, 0.25) is 5.91 Å². The number of carbonyl (C=O) groups is 1. The Morgan fingerprint density at radius 3 is 2.80 bits per heavy atom. The monoisotopic (exact) mass is 272 g/mol. The molecule has 1 aromatic carbocycles. The van der Waals surface area contributed by atoms with Crippen LogP contribution in [0.5, 0.6) is 0 Å². The molecule has 0 aliphatic rings. The van der Waals surface area contributed by atoms with Crippen molar-refractivity contribution in [3.63, 3.8) is 0 Å². The number of benzene rings is 1. The number of aryl methyl sites for hydroxylation is 1. The molecule has 3 heteroatoms. The standard InChI is InChI=1S/C17H24N2O/c1-3-4-5-6-9-17(20)19-16-13-14(2)10-11-15(16)8-7-12-18/h10-11,13H,3-6,9,12,18H2,1-2H3,(H,19,20). The van der Waals surface area contributed by atoms with Gasteiger partial charge >= 0.3 is 0 Å². The quantitative estimate of drug-likeness (QED) is 0.617. The number of anilines is 1. The predicted molar refractivity (Wildman–Crippen MR) is 84.5 cm³/mol. The normalized spacial score (nSPS) is 9.75. The van der Waals surface area contributed by atoms with Crippen LogP contribution in [0.15, 0.2) is 18.2 Å². The second-order valence-electron chi connectivity index (χ2n) is 4.91. The van der Waals surface area contributed by atoms with E-state index in [2.05, 4.69) is 24.1 Å². The van der Waals surface area contributed by atoms with Crippen molar-refractivity contribution in [3.8, 4) is 11.8 Å². The molecule has 20 heavy (non-hydrogen) atoms. The molecule has 0 aromatic heterocycles. The lowest BCUT2D eigenvalue weighted by molar-refractivity contribution is -0.116. The van der Waals surface area contributed by atoms with Crippen molar-refractivity contribution in [2.75, 3.05) is 11.9 Å². The van der Waals surface area contributed by atoms with Crippen molar-refractivity contribution in [1.82, 2.24) is 0 Å². The van der Waals surface area contributed by atoms with E-state index in [0.29, 0.717) is 13.0 Å². The topological polar surface area (TPSA) is 55.1 Å². The van der Waals surface area contributed by atoms with Gasteiger partial charge in [0, 0.05) is 12.0 Å². The maximum absolute atomic E-state index is 11.9. The number of unbranched alkanes of at least 4 members (excludes halogenated alkanes) is 3. The van der Waals surface area contributed by atoms with E-state index in [1.165, 1.54) is 12.8 Å². The van der Waals surface area contributed by atoms with Gasteiger partial charge in [-0.2, -0.15) is 0 Å². The third-order valence-corrected chi connectivity index (χ3v) is 3.03. The van der Waals surface area contributed by atoms with Crippen molar-refractivity contribution in [2.24, 2.45) is 5.73 Å². The van der Waals surface area contributed by atoms with E-state index < -0.39 is 0 Å². The molecular formula is C17H24N2O. The Balaban J connectivity index is 2.65. The number of hydrogen-bond donors (Lipinski definition) is 2. The molecule has 1 rings (SSSR count). The summed E-state index contributed by atoms with van der Waals surface area (Å²) < 4.78 is 0. The zero-order chi connectivity index (χ0) is 14.8. The molecule has 0 heterocycles. The maximum Gasteiger partial charge on any atom is 0.224 e. The largest absolute Gasteiger partial charge is 0.325 e. The van der Waals surface area contributed by atoms with E-state index >= 15 is 0 Å². The van der Waals surface area contributed by atoms with Gasteiger partial charge < -0.3 is 11.1 Å². The Labute approximate surface area is 121 Å². The zero-order valence-electron chi connectivity index (χ0n) is 12.5. The van der Waals surface area contributed by atoms with Gasteiger partial charge in [-0.05, 0) is 31.0 Å². The molecule has 0 spiro atoms. The van der Waals surface area contributed by atoms with Crippen molar-refractivity contribution in [3.05, 3.63) is 29.3 Å². The molecule has 0 fully saturated rings. The number of hydrogen-bond acceptors (Lipinski definition) is 2. The molecule has 3 N–H and O–H groups in total. The number of nitrogens with two attached hydrogens (primary N) is 1. The SMILES string of the molecule is CCCCCCC(=O)Nc1cc(C)ccc1C#CCN. The highest BCUT2D eigenvalue weighted by Crippen LogP contribution is 2.17. The molecule has 108 valence electrons. The van der Waals surface area contributed by atoms with Crippen molar-refractivity contribution in [1.29, 1.82) is 0 Å². The molecule has 1 amide bonds. The average Bonchev–Trinajstić information content (AvgIpc) is 2.43. The van der Waals surface area contributed by atoms with Gasteiger partial charge in [0.25, 0.3) is 0 Å². The molecular weight excluding hydrogens is 248 g/mol. The van der Waals surface area contributed by atoms with Crippen LogP contribution in [-0.2, 0) is 4.79 Å². The van der Waals surface area contributed by atoms with E-state index in [1.807, 2.05) is 25.1 Å². The van der Waals surface area contributed by atoms with E-state index in [1.54, 1.807) is 0 Å². The second-order valence-corrected chi connectivity index (χ2v) is 4.91. The third kappa shape index (κ3) is 5.90. The smallest absolute Gasteiger partial charge is 0.224 e. The molecule has 0 unspecified atom stereocenters. The summed E-state index contributed by atoms with van der Waals surface area (Å²) in [6.07, 6.45) is 4.98. The summed E-state index contributed by atoms with van der Waals surface area (Å²) in [6, 6.07) is 5.85. The first kappa shape index (κ1) is 16.3. The van der Waals surface area contributed by atoms with Crippen LogP contribution in [0.3, 0.4) is 0 Å². The Hall–Kier alpha value is -1.79. The number of carbonyl (C=O) groups excluding carboxylic acids is 1. The fraction of sp³-hybridized carbons (Fsp3) is 0.471. The lowest BCUT2D eigenvalue weighted by Crippen LogP contribution is -2.12. The molecule has 0 radical (unpaired) electrons. The van der Waals surface area contributed by atoms with Crippen LogP contribution in [0.25, 0.3) is 0 Å². The van der Waals surface area contributed by atoms with E-state index in [0.717, 1.165) is 29.7 Å². The average molecular weight is 272 g/mol. The van der Waals surface area contributed by atoms with Crippen LogP contribution in [0.1, 0.15) is 50.2 Å². The van der Waals surface area contributed by atoms with Crippen LogP contribution < -0.4 is 11.1 Å². The Morgan fingerprint density at radius 1 is 1.30 bits per heavy atom. The van der Waals surface area contributed by atoms with Gasteiger partial charge in [0.1, 0.15) is 0 Å². The number of rotatable bonds is 6. The maximum atomic E-state index is 11.9. The van der Waals surface area contributed by atoms with E-state index in [-0.39, 0.29) is 5.91 Å². The van der Waals surface area contributed by atoms with Crippen LogP contribution in [0.4, 0.5) is 5.69 Å². The summed E-state index contributed by atoms with van der Waals surface area (Å²) in [7, 11) is 0. The van der Waals surface area contributed by atoms with Gasteiger partial charge in [0.15, 0.2) is 0 Å². The minimum Gasteiger partial charge on any atom is -0.325 e. The van der Waals surface area contributed by atoms with Crippen LogP contribution in [-0.4, -0.2) is 12.5 Å². The molecule has 1 aromatic rings. The molecule has 0 aliphatic heterocycles. The lowest BCUT2D eigenvalue weighted by atomic mass is 10.1. The Morgan fingerprint density at radius 2 is 2.10 bits per heavy atom. The summed E-state index contributed by atoms with van der Waals surface area (Å²) in [5.74, 6) is 5.87. The second kappa shape index (κ2) is 9.17. The summed E-state index contributed by atoms with van der Waals surface area (Å²) >= 11 is 0. The van der Waals surface area contributed by atoms with Gasteiger partial charge in [-0.25, -0.2) is 0 Å². The highest BCUT2D eigenvalue weighted by Gasteiger charge is 2.06. The molecule has 0 atom stereocenters. The first-order valence-corrected chi connectivity index (χ1v) is 7.26. The molecule has 0 saturated heterocycles. The Kier molecular flexibility index (Phi) is 7.46. The van der Waals surface area contributed by atoms with Gasteiger partial charge in [-0.15, -0.1) is 0 Å². The highest BCUT2D eigenvalue weighted by molar-refractivity contribution is 5.92. The number of amides is 1. The first-order valence-electron chi connectivity index (χ1n) is 7.26. The highest BCUT2D eigenvalue weighted by atomic mass is 16.1. The Bertz CT molecular complexity index is 497. The molecule has 0 aliphatic carbocycles. The molecule has 3 nitrogen and oxygen atoms in total. The summed E-state index contributed by atoms with van der Waals surface area (Å²) in [5.41, 5.74) is 8.10. The van der Waals surface area contributed by atoms with Crippen LogP contribution >= 0.6 is 0 Å². The van der Waals surface area contributed by atoms with Gasteiger partial charge in [0.05, 0.1) is 12.2 Å².